The van der Waals surface area contributed by atoms with E-state index in [4.69, 9.17) is 5.73 Å². The Kier molecular flexibility index (Phi) is 3.99. The average Bonchev–Trinajstić information content (AvgIpc) is 2.54. The Morgan fingerprint density at radius 3 is 2.67 bits per heavy atom. The molecule has 3 rings (SSSR count). The summed E-state index contributed by atoms with van der Waals surface area (Å²) >= 11 is 0. The SMILES string of the molecule is Cc1nc2ccc(N)cc2c(=O)n1CC(=O)Nc1ccc(F)cc1. The molecule has 1 heterocycles. The Morgan fingerprint density at radius 1 is 1.25 bits per heavy atom. The summed E-state index contributed by atoms with van der Waals surface area (Å²) in [5, 5.41) is 2.97. The molecule has 0 radical (unpaired) electrons. The van der Waals surface area contributed by atoms with Crippen molar-refractivity contribution in [2.24, 2.45) is 0 Å². The molecule has 0 fully saturated rings. The molecule has 0 bridgehead atoms. The predicted molar refractivity (Wildman–Crippen MR) is 90.2 cm³/mol. The number of amides is 1. The van der Waals surface area contributed by atoms with Gasteiger partial charge in [0.2, 0.25) is 5.91 Å². The van der Waals surface area contributed by atoms with Crippen LogP contribution >= 0.6 is 0 Å². The molecule has 0 aliphatic heterocycles. The molecule has 0 atom stereocenters. The summed E-state index contributed by atoms with van der Waals surface area (Å²) in [4.78, 5) is 29.1. The highest BCUT2D eigenvalue weighted by atomic mass is 19.1. The van der Waals surface area contributed by atoms with Crippen LogP contribution in [-0.4, -0.2) is 15.5 Å². The van der Waals surface area contributed by atoms with Gasteiger partial charge in [0.1, 0.15) is 18.2 Å². The standard InChI is InChI=1S/C17H15FN4O2/c1-10-20-15-7-4-12(19)8-14(15)17(24)22(10)9-16(23)21-13-5-2-11(18)3-6-13/h2-8H,9,19H2,1H3,(H,21,23). The Bertz CT molecular complexity index is 980. The number of hydrogen-bond donors (Lipinski definition) is 2. The highest BCUT2D eigenvalue weighted by Gasteiger charge is 2.12. The minimum absolute atomic E-state index is 0.195. The molecule has 0 saturated heterocycles. The van der Waals surface area contributed by atoms with Gasteiger partial charge in [0.25, 0.3) is 5.56 Å². The Morgan fingerprint density at radius 2 is 1.96 bits per heavy atom. The van der Waals surface area contributed by atoms with Crippen molar-refractivity contribution < 1.29 is 9.18 Å². The average molecular weight is 326 g/mol. The molecule has 0 saturated carbocycles. The number of hydrogen-bond acceptors (Lipinski definition) is 4. The third-order valence-electron chi connectivity index (χ3n) is 3.60. The number of nitrogen functional groups attached to an aromatic ring is 1. The molecular formula is C17H15FN4O2. The summed E-state index contributed by atoms with van der Waals surface area (Å²) in [6.45, 7) is 1.46. The third-order valence-corrected chi connectivity index (χ3v) is 3.60. The number of nitrogens with zero attached hydrogens (tertiary/aromatic N) is 2. The Balaban J connectivity index is 1.90. The molecule has 3 aromatic rings. The lowest BCUT2D eigenvalue weighted by molar-refractivity contribution is -0.116. The summed E-state index contributed by atoms with van der Waals surface area (Å²) < 4.78 is 14.2. The number of fused-ring (bicyclic) bond motifs is 1. The summed E-state index contributed by atoms with van der Waals surface area (Å²) in [5.74, 6) is -0.375. The molecule has 1 aromatic heterocycles. The monoisotopic (exact) mass is 326 g/mol. The number of nitrogens with one attached hydrogen (secondary N) is 1. The van der Waals surface area contributed by atoms with Crippen LogP contribution in [0.5, 0.6) is 0 Å². The van der Waals surface area contributed by atoms with Crippen molar-refractivity contribution in [1.82, 2.24) is 9.55 Å². The van der Waals surface area contributed by atoms with E-state index in [0.717, 1.165) is 0 Å². The van der Waals surface area contributed by atoms with Gasteiger partial charge in [-0.15, -0.1) is 0 Å². The zero-order valence-electron chi connectivity index (χ0n) is 12.9. The number of carbonyl (C=O) groups excluding carboxylic acids is 1. The van der Waals surface area contributed by atoms with Crippen molar-refractivity contribution in [3.8, 4) is 0 Å². The first-order chi connectivity index (χ1) is 11.4. The van der Waals surface area contributed by atoms with E-state index in [9.17, 15) is 14.0 Å². The smallest absolute Gasteiger partial charge is 0.261 e. The van der Waals surface area contributed by atoms with Gasteiger partial charge < -0.3 is 11.1 Å². The van der Waals surface area contributed by atoms with Gasteiger partial charge in [-0.3, -0.25) is 14.2 Å². The molecule has 0 aliphatic rings. The van der Waals surface area contributed by atoms with Gasteiger partial charge >= 0.3 is 0 Å². The Labute approximate surface area is 136 Å². The lowest BCUT2D eigenvalue weighted by Gasteiger charge is -2.11. The highest BCUT2D eigenvalue weighted by Crippen LogP contribution is 2.13. The maximum atomic E-state index is 12.9. The molecule has 3 N–H and O–H groups in total. The van der Waals surface area contributed by atoms with Crippen molar-refractivity contribution in [2.45, 2.75) is 13.5 Å². The van der Waals surface area contributed by atoms with Crippen LogP contribution in [0.1, 0.15) is 5.82 Å². The number of anilines is 2. The molecular weight excluding hydrogens is 311 g/mol. The fourth-order valence-electron chi connectivity index (χ4n) is 2.41. The quantitative estimate of drug-likeness (QED) is 0.721. The first kappa shape index (κ1) is 15.7. The van der Waals surface area contributed by atoms with Crippen molar-refractivity contribution in [1.29, 1.82) is 0 Å². The second-order valence-electron chi connectivity index (χ2n) is 5.38. The van der Waals surface area contributed by atoms with Crippen LogP contribution in [0.3, 0.4) is 0 Å². The first-order valence-corrected chi connectivity index (χ1v) is 7.26. The zero-order chi connectivity index (χ0) is 17.3. The van der Waals surface area contributed by atoms with E-state index in [0.29, 0.717) is 28.1 Å². The predicted octanol–water partition coefficient (Wildman–Crippen LogP) is 2.06. The zero-order valence-corrected chi connectivity index (χ0v) is 12.9. The number of halogens is 1. The van der Waals surface area contributed by atoms with Crippen LogP contribution in [0.4, 0.5) is 15.8 Å². The first-order valence-electron chi connectivity index (χ1n) is 7.26. The number of nitrogens with two attached hydrogens (primary N) is 1. The van der Waals surface area contributed by atoms with E-state index in [1.807, 2.05) is 0 Å². The number of benzene rings is 2. The lowest BCUT2D eigenvalue weighted by atomic mass is 10.2. The van der Waals surface area contributed by atoms with Crippen molar-refractivity contribution in [3.05, 3.63) is 64.5 Å². The minimum atomic E-state index is -0.406. The topological polar surface area (TPSA) is 90.0 Å². The summed E-state index contributed by atoms with van der Waals surface area (Å²) in [7, 11) is 0. The van der Waals surface area contributed by atoms with Gasteiger partial charge in [-0.25, -0.2) is 9.37 Å². The maximum Gasteiger partial charge on any atom is 0.261 e. The van der Waals surface area contributed by atoms with Crippen LogP contribution in [0.15, 0.2) is 47.3 Å². The number of aromatic nitrogens is 2. The molecule has 0 unspecified atom stereocenters. The second kappa shape index (κ2) is 6.11. The second-order valence-corrected chi connectivity index (χ2v) is 5.38. The summed E-state index contributed by atoms with van der Waals surface area (Å²) in [6, 6.07) is 10.3. The normalized spacial score (nSPS) is 10.8. The third kappa shape index (κ3) is 3.10. The van der Waals surface area contributed by atoms with E-state index >= 15 is 0 Å². The fourth-order valence-corrected chi connectivity index (χ4v) is 2.41. The maximum absolute atomic E-state index is 12.9. The largest absolute Gasteiger partial charge is 0.399 e. The number of aryl methyl sites for hydroxylation is 1. The van der Waals surface area contributed by atoms with Gasteiger partial charge in [0.15, 0.2) is 0 Å². The minimum Gasteiger partial charge on any atom is -0.399 e. The lowest BCUT2D eigenvalue weighted by Crippen LogP contribution is -2.30. The molecule has 0 aliphatic carbocycles. The van der Waals surface area contributed by atoms with Crippen LogP contribution in [0, 0.1) is 12.7 Å². The fraction of sp³-hybridized carbons (Fsp3) is 0.118. The number of rotatable bonds is 3. The van der Waals surface area contributed by atoms with Crippen LogP contribution in [0.2, 0.25) is 0 Å². The molecule has 1 amide bonds. The summed E-state index contributed by atoms with van der Waals surface area (Å²) in [5.41, 5.74) is 6.81. The molecule has 0 spiro atoms. The number of carbonyl (C=O) groups is 1. The Hall–Kier alpha value is -3.22. The molecule has 7 heteroatoms. The molecule has 24 heavy (non-hydrogen) atoms. The van der Waals surface area contributed by atoms with E-state index in [1.54, 1.807) is 25.1 Å². The molecule has 6 nitrogen and oxygen atoms in total. The van der Waals surface area contributed by atoms with Crippen molar-refractivity contribution >= 4 is 28.2 Å². The van der Waals surface area contributed by atoms with E-state index in [2.05, 4.69) is 10.3 Å². The van der Waals surface area contributed by atoms with Gasteiger partial charge in [0.05, 0.1) is 10.9 Å². The van der Waals surface area contributed by atoms with Gasteiger partial charge in [-0.05, 0) is 49.4 Å². The van der Waals surface area contributed by atoms with E-state index < -0.39 is 11.7 Å². The van der Waals surface area contributed by atoms with E-state index in [1.165, 1.54) is 28.8 Å². The van der Waals surface area contributed by atoms with Crippen LogP contribution in [0.25, 0.3) is 10.9 Å². The van der Waals surface area contributed by atoms with Gasteiger partial charge in [0, 0.05) is 11.4 Å². The van der Waals surface area contributed by atoms with Crippen molar-refractivity contribution in [2.75, 3.05) is 11.1 Å². The van der Waals surface area contributed by atoms with Crippen molar-refractivity contribution in [3.63, 3.8) is 0 Å². The van der Waals surface area contributed by atoms with Gasteiger partial charge in [-0.1, -0.05) is 0 Å². The van der Waals surface area contributed by atoms with Crippen LogP contribution in [-0.2, 0) is 11.3 Å². The molecule has 2 aromatic carbocycles. The van der Waals surface area contributed by atoms with Crippen LogP contribution < -0.4 is 16.6 Å². The van der Waals surface area contributed by atoms with E-state index in [-0.39, 0.29) is 12.1 Å². The molecule has 122 valence electrons. The highest BCUT2D eigenvalue weighted by molar-refractivity contribution is 5.90. The summed E-state index contributed by atoms with van der Waals surface area (Å²) in [6.07, 6.45) is 0. The van der Waals surface area contributed by atoms with Gasteiger partial charge in [-0.2, -0.15) is 0 Å².